The smallest absolute Gasteiger partial charge is 0.314 e. The SMILES string of the molecule is Cc1noc(-c2cc(C3(C(=O)O)CC3)ccc2-c2ccccc2)c1Nc1nccc(-c2ccccc2)n1. The Morgan fingerprint density at radius 3 is 2.30 bits per heavy atom. The van der Waals surface area contributed by atoms with Crippen molar-refractivity contribution in [1.29, 1.82) is 0 Å². The van der Waals surface area contributed by atoms with E-state index in [9.17, 15) is 9.90 Å². The Bertz CT molecular complexity index is 1590. The van der Waals surface area contributed by atoms with E-state index in [1.54, 1.807) is 6.20 Å². The van der Waals surface area contributed by atoms with E-state index in [0.29, 0.717) is 35.9 Å². The Morgan fingerprint density at radius 2 is 1.62 bits per heavy atom. The van der Waals surface area contributed by atoms with Crippen LogP contribution in [-0.2, 0) is 10.2 Å². The van der Waals surface area contributed by atoms with Crippen molar-refractivity contribution in [2.45, 2.75) is 25.2 Å². The van der Waals surface area contributed by atoms with E-state index in [1.165, 1.54) is 0 Å². The number of rotatable bonds is 7. The number of carboxylic acid groups (broad SMARTS) is 1. The van der Waals surface area contributed by atoms with Crippen molar-refractivity contribution in [2.24, 2.45) is 0 Å². The Balaban J connectivity index is 1.46. The summed E-state index contributed by atoms with van der Waals surface area (Å²) in [6.45, 7) is 1.85. The van der Waals surface area contributed by atoms with Crippen LogP contribution in [0.3, 0.4) is 0 Å². The Kier molecular flexibility index (Phi) is 5.53. The van der Waals surface area contributed by atoms with Crippen molar-refractivity contribution in [3.63, 3.8) is 0 Å². The third-order valence-corrected chi connectivity index (χ3v) is 6.89. The maximum atomic E-state index is 12.1. The lowest BCUT2D eigenvalue weighted by molar-refractivity contribution is -0.140. The fourth-order valence-electron chi connectivity index (χ4n) is 4.65. The van der Waals surface area contributed by atoms with E-state index in [0.717, 1.165) is 33.5 Å². The zero-order valence-corrected chi connectivity index (χ0v) is 20.2. The predicted molar refractivity (Wildman–Crippen MR) is 141 cm³/mol. The number of carbonyl (C=O) groups is 1. The van der Waals surface area contributed by atoms with E-state index in [2.05, 4.69) is 15.5 Å². The highest BCUT2D eigenvalue weighted by atomic mass is 16.5. The van der Waals surface area contributed by atoms with E-state index in [-0.39, 0.29) is 0 Å². The molecule has 0 amide bonds. The molecule has 2 N–H and O–H groups in total. The van der Waals surface area contributed by atoms with Gasteiger partial charge in [0.15, 0.2) is 5.76 Å². The van der Waals surface area contributed by atoms with Crippen LogP contribution in [0.25, 0.3) is 33.7 Å². The van der Waals surface area contributed by atoms with Gasteiger partial charge in [0, 0.05) is 17.3 Å². The minimum atomic E-state index is -0.847. The van der Waals surface area contributed by atoms with Gasteiger partial charge in [-0.1, -0.05) is 78.0 Å². The van der Waals surface area contributed by atoms with Gasteiger partial charge in [-0.2, -0.15) is 0 Å². The number of aliphatic carboxylic acids is 1. The van der Waals surface area contributed by atoms with Gasteiger partial charge in [0.25, 0.3) is 0 Å². The molecule has 0 spiro atoms. The first-order chi connectivity index (χ1) is 18.0. The normalized spacial score (nSPS) is 13.8. The quantitative estimate of drug-likeness (QED) is 0.265. The minimum Gasteiger partial charge on any atom is -0.481 e. The van der Waals surface area contributed by atoms with Crippen LogP contribution in [0.2, 0.25) is 0 Å². The molecule has 1 aliphatic rings. The van der Waals surface area contributed by atoms with Crippen LogP contribution in [0, 0.1) is 6.92 Å². The second-order valence-corrected chi connectivity index (χ2v) is 9.24. The topological polar surface area (TPSA) is 101 Å². The van der Waals surface area contributed by atoms with Gasteiger partial charge in [0.05, 0.1) is 11.1 Å². The van der Waals surface area contributed by atoms with Gasteiger partial charge in [0.2, 0.25) is 5.95 Å². The van der Waals surface area contributed by atoms with Gasteiger partial charge in [-0.15, -0.1) is 0 Å². The first kappa shape index (κ1) is 22.7. The number of carboxylic acids is 1. The van der Waals surface area contributed by atoms with Crippen LogP contribution < -0.4 is 5.32 Å². The van der Waals surface area contributed by atoms with Crippen LogP contribution in [0.15, 0.2) is 95.6 Å². The first-order valence-electron chi connectivity index (χ1n) is 12.1. The number of aryl methyl sites for hydroxylation is 1. The van der Waals surface area contributed by atoms with Gasteiger partial charge in [-0.25, -0.2) is 9.97 Å². The summed E-state index contributed by atoms with van der Waals surface area (Å²) in [5.41, 5.74) is 5.65. The van der Waals surface area contributed by atoms with Crippen LogP contribution >= 0.6 is 0 Å². The summed E-state index contributed by atoms with van der Waals surface area (Å²) in [6, 6.07) is 27.5. The predicted octanol–water partition coefficient (Wildman–Crippen LogP) is 6.63. The number of anilines is 2. The molecule has 182 valence electrons. The largest absolute Gasteiger partial charge is 0.481 e. The molecule has 0 unspecified atom stereocenters. The molecule has 0 radical (unpaired) electrons. The van der Waals surface area contributed by atoms with Crippen molar-refractivity contribution in [2.75, 3.05) is 5.32 Å². The summed E-state index contributed by atoms with van der Waals surface area (Å²) < 4.78 is 5.86. The zero-order chi connectivity index (χ0) is 25.4. The molecule has 5 aromatic rings. The molecule has 2 heterocycles. The van der Waals surface area contributed by atoms with Crippen molar-refractivity contribution in [1.82, 2.24) is 15.1 Å². The molecule has 37 heavy (non-hydrogen) atoms. The minimum absolute atomic E-state index is 0.413. The molecule has 0 aliphatic heterocycles. The fraction of sp³-hybridized carbons (Fsp3) is 0.133. The van der Waals surface area contributed by atoms with E-state index in [4.69, 9.17) is 9.51 Å². The van der Waals surface area contributed by atoms with Crippen molar-refractivity contribution >= 4 is 17.6 Å². The molecule has 0 bridgehead atoms. The highest BCUT2D eigenvalue weighted by Gasteiger charge is 2.52. The molecule has 2 aromatic heterocycles. The summed E-state index contributed by atoms with van der Waals surface area (Å²) in [4.78, 5) is 21.2. The standard InChI is InChI=1S/C30H24N4O3/c1-19-26(33-29-31-17-14-25(32-29)21-10-6-3-7-11-21)27(37-34-19)24-18-22(30(15-16-30)28(35)36)12-13-23(24)20-8-4-2-5-9-20/h2-14,17-18H,15-16H2,1H3,(H,35,36)(H,31,32,33). The average Bonchev–Trinajstić information content (AvgIpc) is 3.69. The number of nitrogens with one attached hydrogen (secondary N) is 1. The summed E-state index contributed by atoms with van der Waals surface area (Å²) in [5, 5.41) is 17.5. The average molecular weight is 489 g/mol. The van der Waals surface area contributed by atoms with Crippen LogP contribution in [0.4, 0.5) is 11.6 Å². The molecule has 6 rings (SSSR count). The molecular formula is C30H24N4O3. The maximum Gasteiger partial charge on any atom is 0.314 e. The van der Waals surface area contributed by atoms with Crippen molar-refractivity contribution in [3.05, 3.63) is 102 Å². The van der Waals surface area contributed by atoms with Crippen LogP contribution in [-0.4, -0.2) is 26.2 Å². The second-order valence-electron chi connectivity index (χ2n) is 9.24. The number of nitrogens with zero attached hydrogens (tertiary/aromatic N) is 3. The van der Waals surface area contributed by atoms with Gasteiger partial charge in [-0.3, -0.25) is 4.79 Å². The summed E-state index contributed by atoms with van der Waals surface area (Å²) in [5.74, 6) is 0.118. The molecule has 0 atom stereocenters. The van der Waals surface area contributed by atoms with E-state index >= 15 is 0 Å². The Hall–Kier alpha value is -4.78. The third-order valence-electron chi connectivity index (χ3n) is 6.89. The van der Waals surface area contributed by atoms with Gasteiger partial charge in [-0.05, 0) is 48.6 Å². The second kappa shape index (κ2) is 9.02. The number of hydrogen-bond acceptors (Lipinski definition) is 6. The summed E-state index contributed by atoms with van der Waals surface area (Å²) in [6.07, 6.45) is 2.94. The summed E-state index contributed by atoms with van der Waals surface area (Å²) >= 11 is 0. The Morgan fingerprint density at radius 1 is 0.919 bits per heavy atom. The fourth-order valence-corrected chi connectivity index (χ4v) is 4.65. The molecule has 0 saturated heterocycles. The van der Waals surface area contributed by atoms with Crippen molar-refractivity contribution < 1.29 is 14.4 Å². The number of benzene rings is 3. The zero-order valence-electron chi connectivity index (χ0n) is 20.2. The van der Waals surface area contributed by atoms with E-state index < -0.39 is 11.4 Å². The lowest BCUT2D eigenvalue weighted by atomic mass is 9.89. The van der Waals surface area contributed by atoms with Gasteiger partial charge in [0.1, 0.15) is 11.4 Å². The maximum absolute atomic E-state index is 12.1. The molecule has 1 fully saturated rings. The monoisotopic (exact) mass is 488 g/mol. The molecule has 1 aliphatic carbocycles. The van der Waals surface area contributed by atoms with Crippen LogP contribution in [0.1, 0.15) is 24.1 Å². The van der Waals surface area contributed by atoms with Crippen molar-refractivity contribution in [3.8, 4) is 33.7 Å². The van der Waals surface area contributed by atoms with E-state index in [1.807, 2.05) is 91.9 Å². The molecule has 1 saturated carbocycles. The lowest BCUT2D eigenvalue weighted by Gasteiger charge is -2.16. The lowest BCUT2D eigenvalue weighted by Crippen LogP contribution is -2.19. The number of aromatic nitrogens is 3. The summed E-state index contributed by atoms with van der Waals surface area (Å²) in [7, 11) is 0. The van der Waals surface area contributed by atoms with Gasteiger partial charge >= 0.3 is 5.97 Å². The highest BCUT2D eigenvalue weighted by molar-refractivity contribution is 5.91. The first-order valence-corrected chi connectivity index (χ1v) is 12.1. The molecule has 3 aromatic carbocycles. The molecule has 7 nitrogen and oxygen atoms in total. The Labute approximate surface area is 213 Å². The number of hydrogen-bond donors (Lipinski definition) is 2. The van der Waals surface area contributed by atoms with Crippen LogP contribution in [0.5, 0.6) is 0 Å². The van der Waals surface area contributed by atoms with Gasteiger partial charge < -0.3 is 14.9 Å². The molecular weight excluding hydrogens is 464 g/mol. The molecule has 7 heteroatoms. The third kappa shape index (κ3) is 4.14. The highest BCUT2D eigenvalue weighted by Crippen LogP contribution is 2.50.